The molecule has 0 heterocycles. The number of hydrogen-bond donors (Lipinski definition) is 1. The van der Waals surface area contributed by atoms with Gasteiger partial charge in [0, 0.05) is 34.0 Å². The van der Waals surface area contributed by atoms with E-state index in [0.29, 0.717) is 27.8 Å². The van der Waals surface area contributed by atoms with Gasteiger partial charge >= 0.3 is 0 Å². The number of halogens is 3. The van der Waals surface area contributed by atoms with Crippen molar-refractivity contribution in [3.05, 3.63) is 129 Å². The summed E-state index contributed by atoms with van der Waals surface area (Å²) in [5.74, 6) is -0.763. The van der Waals surface area contributed by atoms with E-state index in [1.165, 1.54) is 17.0 Å². The number of carbonyl (C=O) groups excluding carboxylic acids is 2. The van der Waals surface area contributed by atoms with Crippen molar-refractivity contribution in [2.75, 3.05) is 17.4 Å². The Labute approximate surface area is 283 Å². The van der Waals surface area contributed by atoms with Gasteiger partial charge in [0.2, 0.25) is 11.8 Å². The third kappa shape index (κ3) is 9.33. The monoisotopic (exact) mass is 729 g/mol. The summed E-state index contributed by atoms with van der Waals surface area (Å²) >= 11 is 16.1. The first-order chi connectivity index (χ1) is 21.5. The number of rotatable bonds is 13. The molecule has 45 heavy (non-hydrogen) atoms. The van der Waals surface area contributed by atoms with E-state index in [9.17, 15) is 18.0 Å². The van der Waals surface area contributed by atoms with Gasteiger partial charge in [-0.2, -0.15) is 0 Å². The van der Waals surface area contributed by atoms with Gasteiger partial charge in [-0.25, -0.2) is 8.42 Å². The van der Waals surface area contributed by atoms with Crippen molar-refractivity contribution in [2.45, 2.75) is 37.8 Å². The maximum absolute atomic E-state index is 14.5. The van der Waals surface area contributed by atoms with Crippen molar-refractivity contribution in [1.29, 1.82) is 0 Å². The summed E-state index contributed by atoms with van der Waals surface area (Å²) in [4.78, 5) is 29.8. The van der Waals surface area contributed by atoms with Crippen LogP contribution < -0.4 is 9.62 Å². The quantitative estimate of drug-likeness (QED) is 0.156. The maximum Gasteiger partial charge on any atom is 0.264 e. The molecule has 0 spiro atoms. The number of sulfonamides is 1. The molecule has 0 aliphatic heterocycles. The normalized spacial score (nSPS) is 12.0. The van der Waals surface area contributed by atoms with Crippen LogP contribution in [-0.4, -0.2) is 44.3 Å². The highest BCUT2D eigenvalue weighted by molar-refractivity contribution is 9.10. The van der Waals surface area contributed by atoms with Crippen molar-refractivity contribution in [3.8, 4) is 0 Å². The molecule has 0 fully saturated rings. The highest BCUT2D eigenvalue weighted by Gasteiger charge is 2.35. The van der Waals surface area contributed by atoms with E-state index in [4.69, 9.17) is 23.2 Å². The number of hydrogen-bond acceptors (Lipinski definition) is 4. The summed E-state index contributed by atoms with van der Waals surface area (Å²) in [6.07, 6.45) is 0.200. The average molecular weight is 732 g/mol. The van der Waals surface area contributed by atoms with Gasteiger partial charge in [-0.15, -0.1) is 0 Å². The van der Waals surface area contributed by atoms with Crippen molar-refractivity contribution in [3.63, 3.8) is 0 Å². The van der Waals surface area contributed by atoms with Crippen molar-refractivity contribution in [2.24, 2.45) is 5.92 Å². The summed E-state index contributed by atoms with van der Waals surface area (Å²) < 4.78 is 29.9. The van der Waals surface area contributed by atoms with Crippen LogP contribution in [0.5, 0.6) is 0 Å². The van der Waals surface area contributed by atoms with Crippen LogP contribution in [-0.2, 0) is 32.6 Å². The van der Waals surface area contributed by atoms with Gasteiger partial charge in [0.1, 0.15) is 12.6 Å². The largest absolute Gasteiger partial charge is 0.354 e. The number of carbonyl (C=O) groups is 2. The minimum atomic E-state index is -4.18. The van der Waals surface area contributed by atoms with E-state index >= 15 is 0 Å². The summed E-state index contributed by atoms with van der Waals surface area (Å²) in [5.41, 5.74) is 1.69. The third-order valence-corrected chi connectivity index (χ3v) is 9.94. The minimum absolute atomic E-state index is 0.0310. The number of anilines is 1. The molecule has 0 saturated carbocycles. The fourth-order valence-electron chi connectivity index (χ4n) is 4.67. The van der Waals surface area contributed by atoms with Crippen molar-refractivity contribution < 1.29 is 18.0 Å². The van der Waals surface area contributed by atoms with E-state index in [0.717, 1.165) is 14.3 Å². The molecule has 1 atom stereocenters. The zero-order chi connectivity index (χ0) is 32.6. The van der Waals surface area contributed by atoms with Crippen LogP contribution in [0.25, 0.3) is 0 Å². The van der Waals surface area contributed by atoms with Crippen LogP contribution in [0.3, 0.4) is 0 Å². The summed E-state index contributed by atoms with van der Waals surface area (Å²) in [7, 11) is -4.18. The smallest absolute Gasteiger partial charge is 0.264 e. The lowest BCUT2D eigenvalue weighted by Crippen LogP contribution is -2.53. The van der Waals surface area contributed by atoms with Crippen LogP contribution in [0.2, 0.25) is 10.0 Å². The van der Waals surface area contributed by atoms with Crippen LogP contribution in [0, 0.1) is 5.92 Å². The topological polar surface area (TPSA) is 86.8 Å². The molecule has 236 valence electrons. The van der Waals surface area contributed by atoms with Gasteiger partial charge in [-0.3, -0.25) is 13.9 Å². The molecule has 0 aliphatic carbocycles. The Morgan fingerprint density at radius 1 is 0.867 bits per heavy atom. The molecule has 2 amide bonds. The van der Waals surface area contributed by atoms with Crippen LogP contribution in [0.1, 0.15) is 25.0 Å². The molecule has 0 unspecified atom stereocenters. The highest BCUT2D eigenvalue weighted by Crippen LogP contribution is 2.28. The number of benzene rings is 4. The second-order valence-electron chi connectivity index (χ2n) is 10.9. The molecule has 0 saturated heterocycles. The first kappa shape index (κ1) is 34.5. The lowest BCUT2D eigenvalue weighted by Gasteiger charge is -2.34. The second-order valence-corrected chi connectivity index (χ2v) is 14.5. The highest BCUT2D eigenvalue weighted by atomic mass is 79.9. The molecule has 0 bridgehead atoms. The van der Waals surface area contributed by atoms with Gasteiger partial charge in [0.25, 0.3) is 10.0 Å². The molecule has 0 radical (unpaired) electrons. The Morgan fingerprint density at radius 2 is 1.49 bits per heavy atom. The molecule has 0 aliphatic rings. The summed E-state index contributed by atoms with van der Waals surface area (Å²) in [6.45, 7) is 3.75. The first-order valence-electron chi connectivity index (χ1n) is 14.3. The predicted octanol–water partition coefficient (Wildman–Crippen LogP) is 7.36. The van der Waals surface area contributed by atoms with Gasteiger partial charge in [-0.05, 0) is 65.6 Å². The SMILES string of the molecule is CC(C)CNC(=O)[C@H](Cc1ccccc1)N(Cc1ccc(Cl)cc1Cl)C(=O)CN(c1ccc(Br)cc1)S(=O)(=O)c1ccccc1. The number of amides is 2. The van der Waals surface area contributed by atoms with E-state index < -0.39 is 28.5 Å². The molecule has 4 aromatic rings. The van der Waals surface area contributed by atoms with E-state index in [-0.39, 0.29) is 29.7 Å². The Balaban J connectivity index is 1.81. The van der Waals surface area contributed by atoms with Crippen LogP contribution in [0.15, 0.2) is 112 Å². The molecule has 7 nitrogen and oxygen atoms in total. The lowest BCUT2D eigenvalue weighted by atomic mass is 10.0. The van der Waals surface area contributed by atoms with E-state index in [1.807, 2.05) is 44.2 Å². The van der Waals surface area contributed by atoms with Gasteiger partial charge in [0.05, 0.1) is 10.6 Å². The van der Waals surface area contributed by atoms with E-state index in [1.54, 1.807) is 60.7 Å². The fraction of sp³-hybridized carbons (Fsp3) is 0.235. The number of nitrogens with zero attached hydrogens (tertiary/aromatic N) is 2. The van der Waals surface area contributed by atoms with Gasteiger partial charge < -0.3 is 10.2 Å². The molecule has 4 rings (SSSR count). The van der Waals surface area contributed by atoms with Gasteiger partial charge in [-0.1, -0.05) is 108 Å². The standard InChI is InChI=1S/C34H34BrCl2N3O4S/c1-24(2)21-38-34(42)32(19-25-9-5-3-6-10-25)39(22-26-13-16-28(36)20-31(26)37)33(41)23-40(29-17-14-27(35)15-18-29)45(43,44)30-11-7-4-8-12-30/h3-18,20,24,32H,19,21-23H2,1-2H3,(H,38,42)/t32-/m0/s1. The minimum Gasteiger partial charge on any atom is -0.354 e. The third-order valence-electron chi connectivity index (χ3n) is 7.04. The molecular formula is C34H34BrCl2N3O4S. The lowest BCUT2D eigenvalue weighted by molar-refractivity contribution is -0.140. The molecule has 0 aromatic heterocycles. The van der Waals surface area contributed by atoms with Crippen molar-refractivity contribution in [1.82, 2.24) is 10.2 Å². The summed E-state index contributed by atoms with van der Waals surface area (Å²) in [6, 6.07) is 27.9. The fourth-order valence-corrected chi connectivity index (χ4v) is 6.83. The molecule has 1 N–H and O–H groups in total. The molecule has 4 aromatic carbocycles. The Hall–Kier alpha value is -3.37. The average Bonchev–Trinajstić information content (AvgIpc) is 3.02. The summed E-state index contributed by atoms with van der Waals surface area (Å²) in [5, 5.41) is 3.72. The van der Waals surface area contributed by atoms with Gasteiger partial charge in [0.15, 0.2) is 0 Å². The van der Waals surface area contributed by atoms with Crippen LogP contribution in [0.4, 0.5) is 5.69 Å². The second kappa shape index (κ2) is 15.8. The molecular weight excluding hydrogens is 697 g/mol. The Bertz CT molecular complexity index is 1710. The van der Waals surface area contributed by atoms with E-state index in [2.05, 4.69) is 21.2 Å². The first-order valence-corrected chi connectivity index (χ1v) is 17.3. The zero-order valence-corrected chi connectivity index (χ0v) is 28.8. The Kier molecular flexibility index (Phi) is 12.1. The van der Waals surface area contributed by atoms with Crippen LogP contribution >= 0.6 is 39.1 Å². The number of nitrogens with one attached hydrogen (secondary N) is 1. The Morgan fingerprint density at radius 3 is 2.09 bits per heavy atom. The van der Waals surface area contributed by atoms with Crippen molar-refractivity contribution >= 4 is 66.7 Å². The predicted molar refractivity (Wildman–Crippen MR) is 184 cm³/mol. The maximum atomic E-state index is 14.5. The zero-order valence-electron chi connectivity index (χ0n) is 24.9. The molecule has 11 heteroatoms.